The highest BCUT2D eigenvalue weighted by atomic mass is 32.1. The maximum absolute atomic E-state index is 13.1. The molecule has 1 saturated carbocycles. The Kier molecular flexibility index (Phi) is 6.46. The molecule has 1 aromatic heterocycles. The molecule has 0 saturated heterocycles. The monoisotopic (exact) mass is 504 g/mol. The van der Waals surface area contributed by atoms with Crippen LogP contribution in [-0.2, 0) is 10.8 Å². The topological polar surface area (TPSA) is 62.7 Å². The van der Waals surface area contributed by atoms with E-state index in [1.165, 1.54) is 23.4 Å². The summed E-state index contributed by atoms with van der Waals surface area (Å²) in [6, 6.07) is 14.5. The first kappa shape index (κ1) is 25.0. The van der Waals surface area contributed by atoms with Gasteiger partial charge in [0, 0.05) is 27.8 Å². The molecule has 2 aliphatic carbocycles. The van der Waals surface area contributed by atoms with Gasteiger partial charge in [-0.25, -0.2) is 4.98 Å². The largest absolute Gasteiger partial charge is 0.495 e. The summed E-state index contributed by atoms with van der Waals surface area (Å²) in [6.45, 7) is 10.1. The number of aliphatic hydroxyl groups excluding tert-OH is 1. The van der Waals surface area contributed by atoms with E-state index in [-0.39, 0.29) is 16.6 Å². The standard InChI is InChI=1S/C30H36N2O3S/c1-29(2)15-16-30(3,4)27-26(29)31-28(36-27)32(18-19-11-12-19)22-14-13-21(17-23(22)35-5)25(34)24(33)20-9-7-6-8-10-20/h6-10,13-14,17,19,24,33H,11-12,15-16,18H2,1-5H3. The van der Waals surface area contributed by atoms with Crippen LogP contribution in [0.3, 0.4) is 0 Å². The lowest BCUT2D eigenvalue weighted by Crippen LogP contribution is -2.32. The predicted octanol–water partition coefficient (Wildman–Crippen LogP) is 6.97. The van der Waals surface area contributed by atoms with E-state index in [4.69, 9.17) is 9.72 Å². The molecule has 1 N–H and O–H groups in total. The van der Waals surface area contributed by atoms with Gasteiger partial charge in [-0.1, -0.05) is 58.0 Å². The van der Waals surface area contributed by atoms with Crippen molar-refractivity contribution in [1.82, 2.24) is 4.98 Å². The first-order chi connectivity index (χ1) is 17.1. The molecule has 2 aliphatic rings. The van der Waals surface area contributed by atoms with E-state index in [2.05, 4.69) is 32.6 Å². The Morgan fingerprint density at radius 3 is 2.44 bits per heavy atom. The van der Waals surface area contributed by atoms with Crippen molar-refractivity contribution in [3.8, 4) is 5.75 Å². The van der Waals surface area contributed by atoms with Crippen molar-refractivity contribution >= 4 is 27.9 Å². The molecule has 2 aromatic carbocycles. The van der Waals surface area contributed by atoms with Crippen LogP contribution < -0.4 is 9.64 Å². The molecule has 0 amide bonds. The van der Waals surface area contributed by atoms with Crippen molar-refractivity contribution in [3.63, 3.8) is 0 Å². The molecule has 0 spiro atoms. The number of aromatic nitrogens is 1. The van der Waals surface area contributed by atoms with E-state index in [9.17, 15) is 9.90 Å². The molecule has 190 valence electrons. The smallest absolute Gasteiger partial charge is 0.195 e. The lowest BCUT2D eigenvalue weighted by molar-refractivity contribution is 0.0747. The summed E-state index contributed by atoms with van der Waals surface area (Å²) >= 11 is 1.80. The minimum atomic E-state index is -1.21. The van der Waals surface area contributed by atoms with Crippen LogP contribution in [-0.4, -0.2) is 29.5 Å². The van der Waals surface area contributed by atoms with Crippen molar-refractivity contribution in [2.24, 2.45) is 5.92 Å². The van der Waals surface area contributed by atoms with Crippen LogP contribution in [0.1, 0.15) is 86.0 Å². The van der Waals surface area contributed by atoms with Crippen molar-refractivity contribution in [2.45, 2.75) is 70.3 Å². The third kappa shape index (κ3) is 4.69. The fraction of sp³-hybridized carbons (Fsp3) is 0.467. The number of ether oxygens (including phenoxy) is 1. The van der Waals surface area contributed by atoms with Gasteiger partial charge in [-0.3, -0.25) is 4.79 Å². The third-order valence-electron chi connectivity index (χ3n) is 7.73. The lowest BCUT2D eigenvalue weighted by atomic mass is 9.69. The number of rotatable bonds is 8. The molecule has 5 rings (SSSR count). The van der Waals surface area contributed by atoms with Gasteiger partial charge in [0.1, 0.15) is 11.9 Å². The molecule has 0 aliphatic heterocycles. The number of thiazole rings is 1. The SMILES string of the molecule is COc1cc(C(=O)C(O)c2ccccc2)ccc1N(CC1CC1)c1nc2c(s1)C(C)(C)CCC2(C)C. The molecule has 6 heteroatoms. The van der Waals surface area contributed by atoms with Crippen molar-refractivity contribution < 1.29 is 14.6 Å². The van der Waals surface area contributed by atoms with Gasteiger partial charge < -0.3 is 14.7 Å². The van der Waals surface area contributed by atoms with Gasteiger partial charge in [-0.15, -0.1) is 11.3 Å². The van der Waals surface area contributed by atoms with Gasteiger partial charge in [-0.05, 0) is 55.4 Å². The van der Waals surface area contributed by atoms with Crippen molar-refractivity contribution in [1.29, 1.82) is 0 Å². The molecule has 0 bridgehead atoms. The Hall–Kier alpha value is -2.70. The average molecular weight is 505 g/mol. The summed E-state index contributed by atoms with van der Waals surface area (Å²) in [7, 11) is 1.63. The van der Waals surface area contributed by atoms with Crippen LogP contribution in [0.4, 0.5) is 10.8 Å². The number of ketones is 1. The molecule has 0 radical (unpaired) electrons. The maximum Gasteiger partial charge on any atom is 0.195 e. The summed E-state index contributed by atoms with van der Waals surface area (Å²) in [6.07, 6.45) is 3.52. The normalized spacial score (nSPS) is 18.8. The molecule has 3 aromatic rings. The highest BCUT2D eigenvalue weighted by Gasteiger charge is 2.41. The second-order valence-corrected chi connectivity index (χ2v) is 12.5. The number of carbonyl (C=O) groups is 1. The average Bonchev–Trinajstić information content (AvgIpc) is 3.58. The number of carbonyl (C=O) groups excluding carboxylic acids is 1. The van der Waals surface area contributed by atoms with Gasteiger partial charge in [-0.2, -0.15) is 0 Å². The summed E-state index contributed by atoms with van der Waals surface area (Å²) < 4.78 is 5.81. The summed E-state index contributed by atoms with van der Waals surface area (Å²) in [5, 5.41) is 11.7. The zero-order chi connectivity index (χ0) is 25.7. The number of hydrogen-bond donors (Lipinski definition) is 1. The minimum Gasteiger partial charge on any atom is -0.495 e. The van der Waals surface area contributed by atoms with Gasteiger partial charge in [0.05, 0.1) is 18.5 Å². The van der Waals surface area contributed by atoms with E-state index in [1.807, 2.05) is 24.3 Å². The van der Waals surface area contributed by atoms with Crippen LogP contribution in [0.25, 0.3) is 0 Å². The summed E-state index contributed by atoms with van der Waals surface area (Å²) in [5.74, 6) is 0.916. The fourth-order valence-electron chi connectivity index (χ4n) is 5.04. The molecule has 1 atom stereocenters. The second kappa shape index (κ2) is 9.31. The Morgan fingerprint density at radius 2 is 1.81 bits per heavy atom. The molecular weight excluding hydrogens is 468 g/mol. The summed E-state index contributed by atoms with van der Waals surface area (Å²) in [5.41, 5.74) is 3.31. The van der Waals surface area contributed by atoms with Crippen LogP contribution in [0.2, 0.25) is 0 Å². The number of methoxy groups -OCH3 is 1. The minimum absolute atomic E-state index is 0.0544. The fourth-order valence-corrected chi connectivity index (χ4v) is 6.43. The molecule has 5 nitrogen and oxygen atoms in total. The Labute approximate surface area is 218 Å². The van der Waals surface area contributed by atoms with E-state index >= 15 is 0 Å². The van der Waals surface area contributed by atoms with E-state index < -0.39 is 6.10 Å². The zero-order valence-corrected chi connectivity index (χ0v) is 22.7. The van der Waals surface area contributed by atoms with Crippen LogP contribution in [0.5, 0.6) is 5.75 Å². The molecule has 1 unspecified atom stereocenters. The Morgan fingerprint density at radius 1 is 1.11 bits per heavy atom. The molecule has 1 fully saturated rings. The molecule has 1 heterocycles. The summed E-state index contributed by atoms with van der Waals surface area (Å²) in [4.78, 5) is 22.0. The van der Waals surface area contributed by atoms with Crippen LogP contribution in [0.15, 0.2) is 48.5 Å². The van der Waals surface area contributed by atoms with Crippen molar-refractivity contribution in [3.05, 3.63) is 70.2 Å². The number of Topliss-reactive ketones (excluding diaryl/α,β-unsaturated/α-hetero) is 1. The number of hydrogen-bond acceptors (Lipinski definition) is 6. The first-order valence-electron chi connectivity index (χ1n) is 12.9. The highest BCUT2D eigenvalue weighted by molar-refractivity contribution is 7.16. The number of nitrogens with zero attached hydrogens (tertiary/aromatic N) is 2. The van der Waals surface area contributed by atoms with Gasteiger partial charge in [0.25, 0.3) is 0 Å². The Balaban J connectivity index is 1.52. The number of aliphatic hydroxyl groups is 1. The van der Waals surface area contributed by atoms with E-state index in [0.29, 0.717) is 22.8 Å². The van der Waals surface area contributed by atoms with E-state index in [1.54, 1.807) is 42.7 Å². The zero-order valence-electron chi connectivity index (χ0n) is 21.9. The third-order valence-corrected chi connectivity index (χ3v) is 9.18. The Bertz CT molecular complexity index is 1230. The van der Waals surface area contributed by atoms with Crippen LogP contribution >= 0.6 is 11.3 Å². The number of anilines is 2. The number of fused-ring (bicyclic) bond motifs is 1. The van der Waals surface area contributed by atoms with Gasteiger partial charge >= 0.3 is 0 Å². The number of benzene rings is 2. The van der Waals surface area contributed by atoms with E-state index in [0.717, 1.165) is 30.2 Å². The van der Waals surface area contributed by atoms with Gasteiger partial charge in [0.15, 0.2) is 10.9 Å². The first-order valence-corrected chi connectivity index (χ1v) is 13.7. The maximum atomic E-state index is 13.1. The second-order valence-electron chi connectivity index (χ2n) is 11.6. The lowest BCUT2D eigenvalue weighted by Gasteiger charge is -2.37. The van der Waals surface area contributed by atoms with Crippen LogP contribution in [0, 0.1) is 5.92 Å². The highest BCUT2D eigenvalue weighted by Crippen LogP contribution is 2.51. The predicted molar refractivity (Wildman–Crippen MR) is 146 cm³/mol. The van der Waals surface area contributed by atoms with Gasteiger partial charge in [0.2, 0.25) is 0 Å². The van der Waals surface area contributed by atoms with Crippen molar-refractivity contribution in [2.75, 3.05) is 18.6 Å². The molecular formula is C30H36N2O3S. The quantitative estimate of drug-likeness (QED) is 0.336. The molecule has 36 heavy (non-hydrogen) atoms.